The number of aliphatic carboxylic acids is 2. The molecule has 0 aromatic carbocycles. The number of hydrogen-bond acceptors (Lipinski definition) is 4. The van der Waals surface area contributed by atoms with Gasteiger partial charge in [0.1, 0.15) is 0 Å². The third-order valence-electron chi connectivity index (χ3n) is 1.51. The van der Waals surface area contributed by atoms with Crippen molar-refractivity contribution in [2.75, 3.05) is 0 Å². The molecule has 0 radical (unpaired) electrons. The van der Waals surface area contributed by atoms with Crippen LogP contribution in [0.3, 0.4) is 0 Å². The van der Waals surface area contributed by atoms with Gasteiger partial charge in [0.2, 0.25) is 5.91 Å². The number of carboxylic acids is 2. The molecule has 0 unspecified atom stereocenters. The summed E-state index contributed by atoms with van der Waals surface area (Å²) in [5, 5.41) is 27.7. The van der Waals surface area contributed by atoms with Crippen LogP contribution in [0.25, 0.3) is 0 Å². The number of aliphatic hydroxyl groups is 1. The van der Waals surface area contributed by atoms with Crippen molar-refractivity contribution in [1.29, 1.82) is 0 Å². The van der Waals surface area contributed by atoms with Gasteiger partial charge in [-0.05, 0) is 6.92 Å². The molecule has 0 fully saturated rings. The number of hydrogen-bond donors (Lipinski definition) is 4. The summed E-state index contributed by atoms with van der Waals surface area (Å²) in [5.74, 6) is -4.20. The lowest BCUT2D eigenvalue weighted by Crippen LogP contribution is -2.51. The Morgan fingerprint density at radius 3 is 1.93 bits per heavy atom. The predicted octanol–water partition coefficient (Wildman–Crippen LogP) is -1.42. The Labute approximate surface area is 85.0 Å². The van der Waals surface area contributed by atoms with E-state index in [1.807, 2.05) is 5.32 Å². The van der Waals surface area contributed by atoms with E-state index in [4.69, 9.17) is 15.3 Å². The van der Waals surface area contributed by atoms with Gasteiger partial charge in [0, 0.05) is 5.57 Å². The van der Waals surface area contributed by atoms with Crippen molar-refractivity contribution in [3.8, 4) is 0 Å². The van der Waals surface area contributed by atoms with Gasteiger partial charge in [0.15, 0.2) is 12.1 Å². The average molecular weight is 217 g/mol. The average Bonchev–Trinajstić information content (AvgIpc) is 2.11. The van der Waals surface area contributed by atoms with Crippen molar-refractivity contribution in [2.45, 2.75) is 19.1 Å². The molecule has 0 rings (SSSR count). The highest BCUT2D eigenvalue weighted by atomic mass is 16.4. The van der Waals surface area contributed by atoms with E-state index in [0.29, 0.717) is 0 Å². The summed E-state index contributed by atoms with van der Waals surface area (Å²) in [4.78, 5) is 31.9. The Balaban J connectivity index is 4.70. The summed E-state index contributed by atoms with van der Waals surface area (Å²) < 4.78 is 0. The molecule has 7 nitrogen and oxygen atoms in total. The van der Waals surface area contributed by atoms with E-state index in [2.05, 4.69) is 6.58 Å². The van der Waals surface area contributed by atoms with Crippen LogP contribution in [0, 0.1) is 0 Å². The van der Waals surface area contributed by atoms with Crippen LogP contribution < -0.4 is 5.32 Å². The number of carbonyl (C=O) groups is 3. The van der Waals surface area contributed by atoms with Crippen molar-refractivity contribution in [2.24, 2.45) is 0 Å². The quantitative estimate of drug-likeness (QED) is 0.419. The van der Waals surface area contributed by atoms with Gasteiger partial charge in [0.05, 0.1) is 0 Å². The molecule has 84 valence electrons. The zero-order chi connectivity index (χ0) is 12.2. The SMILES string of the molecule is C=C(C)C(=O)N[C@H](C(=O)O)[C@H](O)C(=O)O. The lowest BCUT2D eigenvalue weighted by atomic mass is 10.1. The molecule has 0 aromatic heterocycles. The fourth-order valence-corrected chi connectivity index (χ4v) is 0.683. The Bertz CT molecular complexity index is 310. The minimum absolute atomic E-state index is 0.0128. The Morgan fingerprint density at radius 1 is 1.20 bits per heavy atom. The minimum Gasteiger partial charge on any atom is -0.480 e. The Hall–Kier alpha value is -1.89. The molecule has 0 aliphatic carbocycles. The maximum Gasteiger partial charge on any atom is 0.335 e. The molecule has 0 saturated heterocycles. The van der Waals surface area contributed by atoms with Gasteiger partial charge >= 0.3 is 11.9 Å². The van der Waals surface area contributed by atoms with Gasteiger partial charge in [-0.25, -0.2) is 9.59 Å². The van der Waals surface area contributed by atoms with Crippen molar-refractivity contribution < 1.29 is 29.7 Å². The molecule has 2 atom stereocenters. The molecule has 0 aliphatic heterocycles. The number of rotatable bonds is 5. The highest BCUT2D eigenvalue weighted by Crippen LogP contribution is 1.97. The van der Waals surface area contributed by atoms with E-state index < -0.39 is 30.0 Å². The molecule has 0 aromatic rings. The second-order valence-corrected chi connectivity index (χ2v) is 2.85. The van der Waals surface area contributed by atoms with E-state index in [0.717, 1.165) is 0 Å². The lowest BCUT2D eigenvalue weighted by Gasteiger charge is -2.16. The Kier molecular flexibility index (Phi) is 4.46. The third-order valence-corrected chi connectivity index (χ3v) is 1.51. The first-order valence-corrected chi connectivity index (χ1v) is 3.87. The zero-order valence-electron chi connectivity index (χ0n) is 7.93. The summed E-state index contributed by atoms with van der Waals surface area (Å²) in [6.07, 6.45) is -2.20. The molecule has 0 bridgehead atoms. The van der Waals surface area contributed by atoms with Crippen molar-refractivity contribution in [3.63, 3.8) is 0 Å². The maximum absolute atomic E-state index is 11.0. The number of aliphatic hydroxyl groups excluding tert-OH is 1. The molecule has 7 heteroatoms. The molecule has 1 amide bonds. The second kappa shape index (κ2) is 5.11. The summed E-state index contributed by atoms with van der Waals surface area (Å²) in [5.41, 5.74) is 0.0128. The molecule has 0 saturated carbocycles. The van der Waals surface area contributed by atoms with Crippen molar-refractivity contribution in [3.05, 3.63) is 12.2 Å². The number of carboxylic acid groups (broad SMARTS) is 2. The first-order valence-electron chi connectivity index (χ1n) is 3.87. The van der Waals surface area contributed by atoms with Gasteiger partial charge in [-0.2, -0.15) is 0 Å². The van der Waals surface area contributed by atoms with Gasteiger partial charge < -0.3 is 20.6 Å². The van der Waals surface area contributed by atoms with Crippen LogP contribution in [0.4, 0.5) is 0 Å². The largest absolute Gasteiger partial charge is 0.480 e. The molecule has 0 spiro atoms. The lowest BCUT2D eigenvalue weighted by molar-refractivity contribution is -0.156. The van der Waals surface area contributed by atoms with Crippen molar-refractivity contribution in [1.82, 2.24) is 5.32 Å². The molecule has 0 heterocycles. The van der Waals surface area contributed by atoms with Crippen LogP contribution in [-0.2, 0) is 14.4 Å². The fraction of sp³-hybridized carbons (Fsp3) is 0.375. The van der Waals surface area contributed by atoms with E-state index >= 15 is 0 Å². The number of nitrogens with one attached hydrogen (secondary N) is 1. The standard InChI is InChI=1S/C8H11NO6/c1-3(2)6(11)9-4(7(12)13)5(10)8(14)15/h4-5,10H,1H2,2H3,(H,9,11)(H,12,13)(H,14,15)/t4-,5-/m0/s1. The summed E-state index contributed by atoms with van der Waals surface area (Å²) >= 11 is 0. The van der Waals surface area contributed by atoms with E-state index in [1.54, 1.807) is 0 Å². The number of carbonyl (C=O) groups excluding carboxylic acids is 1. The monoisotopic (exact) mass is 217 g/mol. The summed E-state index contributed by atoms with van der Waals surface area (Å²) in [6.45, 7) is 4.56. The zero-order valence-corrected chi connectivity index (χ0v) is 7.93. The highest BCUT2D eigenvalue weighted by Gasteiger charge is 2.33. The van der Waals surface area contributed by atoms with E-state index in [9.17, 15) is 14.4 Å². The highest BCUT2D eigenvalue weighted by molar-refractivity contribution is 5.96. The van der Waals surface area contributed by atoms with Crippen LogP contribution in [0.2, 0.25) is 0 Å². The minimum atomic E-state index is -2.20. The van der Waals surface area contributed by atoms with Crippen LogP contribution >= 0.6 is 0 Å². The van der Waals surface area contributed by atoms with E-state index in [-0.39, 0.29) is 5.57 Å². The maximum atomic E-state index is 11.0. The van der Waals surface area contributed by atoms with E-state index in [1.165, 1.54) is 6.92 Å². The molecular formula is C8H11NO6. The first-order chi connectivity index (χ1) is 6.77. The third kappa shape index (κ3) is 3.77. The fourth-order valence-electron chi connectivity index (χ4n) is 0.683. The topological polar surface area (TPSA) is 124 Å². The van der Waals surface area contributed by atoms with Gasteiger partial charge in [-0.3, -0.25) is 4.79 Å². The molecular weight excluding hydrogens is 206 g/mol. The normalized spacial score (nSPS) is 13.7. The second-order valence-electron chi connectivity index (χ2n) is 2.85. The molecule has 15 heavy (non-hydrogen) atoms. The number of amides is 1. The van der Waals surface area contributed by atoms with Gasteiger partial charge in [0.25, 0.3) is 0 Å². The van der Waals surface area contributed by atoms with Crippen molar-refractivity contribution >= 4 is 17.8 Å². The van der Waals surface area contributed by atoms with Crippen LogP contribution in [0.5, 0.6) is 0 Å². The summed E-state index contributed by atoms with van der Waals surface area (Å²) in [6, 6.07) is -1.90. The first kappa shape index (κ1) is 13.1. The smallest absolute Gasteiger partial charge is 0.335 e. The molecule has 0 aliphatic rings. The van der Waals surface area contributed by atoms with Crippen LogP contribution in [-0.4, -0.2) is 45.3 Å². The van der Waals surface area contributed by atoms with Gasteiger partial charge in [-0.15, -0.1) is 0 Å². The summed E-state index contributed by atoms with van der Waals surface area (Å²) in [7, 11) is 0. The predicted molar refractivity (Wildman–Crippen MR) is 48.0 cm³/mol. The Morgan fingerprint density at radius 2 is 1.67 bits per heavy atom. The van der Waals surface area contributed by atoms with Gasteiger partial charge in [-0.1, -0.05) is 6.58 Å². The molecule has 4 N–H and O–H groups in total. The van der Waals surface area contributed by atoms with Crippen LogP contribution in [0.1, 0.15) is 6.92 Å². The van der Waals surface area contributed by atoms with Crippen LogP contribution in [0.15, 0.2) is 12.2 Å².